The summed E-state index contributed by atoms with van der Waals surface area (Å²) in [5, 5.41) is 5.34. The predicted molar refractivity (Wildman–Crippen MR) is 123 cm³/mol. The maximum atomic E-state index is 5.46. The van der Waals surface area contributed by atoms with Crippen LogP contribution in [0.25, 0.3) is 21.5 Å². The Morgan fingerprint density at radius 1 is 0.933 bits per heavy atom. The van der Waals surface area contributed by atoms with E-state index in [1.54, 1.807) is 23.1 Å². The van der Waals surface area contributed by atoms with Crippen LogP contribution in [0.2, 0.25) is 0 Å². The summed E-state index contributed by atoms with van der Waals surface area (Å²) in [5.74, 6) is 1.67. The molecule has 1 saturated heterocycles. The van der Waals surface area contributed by atoms with Crippen LogP contribution in [-0.2, 0) is 17.0 Å². The first kappa shape index (κ1) is 19.6. The smallest absolute Gasteiger partial charge is 0.144 e. The maximum absolute atomic E-state index is 5.46. The molecule has 0 bridgehead atoms. The molecule has 1 aliphatic rings. The molecular formula is C23H22N4OS2. The van der Waals surface area contributed by atoms with Crippen molar-refractivity contribution >= 4 is 34.0 Å². The van der Waals surface area contributed by atoms with Gasteiger partial charge < -0.3 is 4.74 Å². The van der Waals surface area contributed by atoms with Crippen molar-refractivity contribution in [3.63, 3.8) is 0 Å². The quantitative estimate of drug-likeness (QED) is 0.319. The molecule has 0 atom stereocenters. The second-order valence-corrected chi connectivity index (χ2v) is 8.97. The summed E-state index contributed by atoms with van der Waals surface area (Å²) in [6, 6.07) is 18.6. The van der Waals surface area contributed by atoms with E-state index in [0.29, 0.717) is 0 Å². The lowest BCUT2D eigenvalue weighted by atomic mass is 10.2. The van der Waals surface area contributed by atoms with Gasteiger partial charge in [-0.1, -0.05) is 60.3 Å². The molecule has 0 aliphatic carbocycles. The molecule has 7 heteroatoms. The van der Waals surface area contributed by atoms with Crippen molar-refractivity contribution in [2.75, 3.05) is 26.3 Å². The number of fused-ring (bicyclic) bond motifs is 1. The fourth-order valence-corrected chi connectivity index (χ4v) is 5.32. The van der Waals surface area contributed by atoms with Crippen molar-refractivity contribution in [2.24, 2.45) is 0 Å². The van der Waals surface area contributed by atoms with E-state index in [-0.39, 0.29) is 0 Å². The number of thioether (sulfide) groups is 1. The van der Waals surface area contributed by atoms with Gasteiger partial charge in [-0.15, -0.1) is 11.3 Å². The average Bonchev–Trinajstić information content (AvgIpc) is 3.28. The number of nitrogens with zero attached hydrogens (tertiary/aromatic N) is 4. The predicted octanol–water partition coefficient (Wildman–Crippen LogP) is 4.88. The third-order valence-corrected chi connectivity index (χ3v) is 6.98. The molecule has 3 heterocycles. The molecule has 5 nitrogen and oxygen atoms in total. The summed E-state index contributed by atoms with van der Waals surface area (Å²) >= 11 is 3.43. The van der Waals surface area contributed by atoms with Crippen LogP contribution in [0.5, 0.6) is 0 Å². The highest BCUT2D eigenvalue weighted by atomic mass is 32.2. The third-order valence-electron chi connectivity index (χ3n) is 5.01. The maximum Gasteiger partial charge on any atom is 0.144 e. The molecule has 30 heavy (non-hydrogen) atoms. The van der Waals surface area contributed by atoms with Gasteiger partial charge in [0, 0.05) is 35.2 Å². The van der Waals surface area contributed by atoms with Gasteiger partial charge in [0.1, 0.15) is 15.9 Å². The van der Waals surface area contributed by atoms with Gasteiger partial charge in [0.2, 0.25) is 0 Å². The highest BCUT2D eigenvalue weighted by Crippen LogP contribution is 2.30. The number of para-hydroxylation sites is 1. The van der Waals surface area contributed by atoms with Crippen LogP contribution in [0.15, 0.2) is 65.0 Å². The summed E-state index contributed by atoms with van der Waals surface area (Å²) in [7, 11) is 0. The molecule has 1 aliphatic heterocycles. The van der Waals surface area contributed by atoms with E-state index >= 15 is 0 Å². The topological polar surface area (TPSA) is 51.1 Å². The number of hydrogen-bond donors (Lipinski definition) is 0. The number of morpholine rings is 1. The average molecular weight is 435 g/mol. The summed E-state index contributed by atoms with van der Waals surface area (Å²) in [5.41, 5.74) is 3.25. The third kappa shape index (κ3) is 4.54. The molecule has 0 unspecified atom stereocenters. The first-order valence-corrected chi connectivity index (χ1v) is 11.9. The van der Waals surface area contributed by atoms with E-state index in [4.69, 9.17) is 19.7 Å². The number of benzene rings is 2. The molecule has 5 rings (SSSR count). The largest absolute Gasteiger partial charge is 0.379 e. The van der Waals surface area contributed by atoms with Gasteiger partial charge in [-0.25, -0.2) is 15.0 Å². The highest BCUT2D eigenvalue weighted by molar-refractivity contribution is 7.98. The zero-order valence-electron chi connectivity index (χ0n) is 16.5. The van der Waals surface area contributed by atoms with Gasteiger partial charge in [0.05, 0.1) is 31.0 Å². The van der Waals surface area contributed by atoms with Crippen LogP contribution in [0, 0.1) is 0 Å². The van der Waals surface area contributed by atoms with Crippen molar-refractivity contribution in [1.29, 1.82) is 0 Å². The standard InChI is InChI=1S/C23H22N4OS2/c1-2-6-17(7-3-1)22-24-18(15-29-22)16-30-23-19-8-4-5-9-20(19)25-21(26-23)14-27-10-12-28-13-11-27/h1-9,15H,10-14,16H2. The van der Waals surface area contributed by atoms with E-state index in [0.717, 1.165) is 71.1 Å². The van der Waals surface area contributed by atoms with E-state index in [1.807, 2.05) is 30.3 Å². The van der Waals surface area contributed by atoms with E-state index < -0.39 is 0 Å². The molecule has 0 spiro atoms. The van der Waals surface area contributed by atoms with E-state index in [9.17, 15) is 0 Å². The first-order chi connectivity index (χ1) is 14.8. The van der Waals surface area contributed by atoms with Crippen molar-refractivity contribution < 1.29 is 4.74 Å². The van der Waals surface area contributed by atoms with Crippen LogP contribution < -0.4 is 0 Å². The van der Waals surface area contributed by atoms with Crippen LogP contribution in [0.3, 0.4) is 0 Å². The number of hydrogen-bond acceptors (Lipinski definition) is 7. The molecular weight excluding hydrogens is 412 g/mol. The molecule has 0 N–H and O–H groups in total. The second kappa shape index (κ2) is 9.22. The monoisotopic (exact) mass is 434 g/mol. The lowest BCUT2D eigenvalue weighted by molar-refractivity contribution is 0.0330. The second-order valence-electron chi connectivity index (χ2n) is 7.15. The lowest BCUT2D eigenvalue weighted by Gasteiger charge is -2.25. The number of aromatic nitrogens is 3. The zero-order valence-corrected chi connectivity index (χ0v) is 18.2. The van der Waals surface area contributed by atoms with Gasteiger partial charge >= 0.3 is 0 Å². The molecule has 2 aromatic heterocycles. The van der Waals surface area contributed by atoms with E-state index in [2.05, 4.69) is 34.5 Å². The Morgan fingerprint density at radius 2 is 1.73 bits per heavy atom. The minimum absolute atomic E-state index is 0.761. The SMILES string of the molecule is c1ccc(-c2nc(CSc3nc(CN4CCOCC4)nc4ccccc34)cs2)cc1. The first-order valence-electron chi connectivity index (χ1n) is 10.0. The zero-order chi connectivity index (χ0) is 20.2. The van der Waals surface area contributed by atoms with Gasteiger partial charge in [0.25, 0.3) is 0 Å². The molecule has 0 amide bonds. The van der Waals surface area contributed by atoms with Crippen LogP contribution in [0.1, 0.15) is 11.5 Å². The Kier molecular flexibility index (Phi) is 6.03. The van der Waals surface area contributed by atoms with Gasteiger partial charge in [-0.3, -0.25) is 4.90 Å². The molecule has 152 valence electrons. The van der Waals surface area contributed by atoms with Gasteiger partial charge in [-0.2, -0.15) is 0 Å². The molecule has 4 aromatic rings. The Hall–Kier alpha value is -2.32. The normalized spacial score (nSPS) is 14.9. The summed E-state index contributed by atoms with van der Waals surface area (Å²) in [6.45, 7) is 4.18. The van der Waals surface area contributed by atoms with E-state index in [1.165, 1.54) is 5.56 Å². The summed E-state index contributed by atoms with van der Waals surface area (Å²) in [6.07, 6.45) is 0. The number of ether oxygens (including phenoxy) is 1. The Bertz CT molecular complexity index is 1130. The molecule has 1 fully saturated rings. The minimum Gasteiger partial charge on any atom is -0.379 e. The van der Waals surface area contributed by atoms with Crippen LogP contribution in [0.4, 0.5) is 0 Å². The molecule has 0 radical (unpaired) electrons. The summed E-state index contributed by atoms with van der Waals surface area (Å²) < 4.78 is 5.46. The minimum atomic E-state index is 0.761. The number of thiazole rings is 1. The Balaban J connectivity index is 1.36. The van der Waals surface area contributed by atoms with Crippen molar-refractivity contribution in [1.82, 2.24) is 19.9 Å². The Labute approximate surface area is 184 Å². The molecule has 2 aromatic carbocycles. The molecule has 0 saturated carbocycles. The number of rotatable bonds is 6. The highest BCUT2D eigenvalue weighted by Gasteiger charge is 2.15. The van der Waals surface area contributed by atoms with Crippen molar-refractivity contribution in [2.45, 2.75) is 17.3 Å². The van der Waals surface area contributed by atoms with Crippen LogP contribution in [-0.4, -0.2) is 46.2 Å². The van der Waals surface area contributed by atoms with Gasteiger partial charge in [-0.05, 0) is 6.07 Å². The fourth-order valence-electron chi connectivity index (χ4n) is 3.46. The fraction of sp³-hybridized carbons (Fsp3) is 0.261. The van der Waals surface area contributed by atoms with Gasteiger partial charge in [0.15, 0.2) is 0 Å². The van der Waals surface area contributed by atoms with Crippen molar-refractivity contribution in [3.05, 3.63) is 71.5 Å². The van der Waals surface area contributed by atoms with Crippen molar-refractivity contribution in [3.8, 4) is 10.6 Å². The lowest BCUT2D eigenvalue weighted by Crippen LogP contribution is -2.36. The Morgan fingerprint density at radius 3 is 2.60 bits per heavy atom. The van der Waals surface area contributed by atoms with Crippen LogP contribution >= 0.6 is 23.1 Å². The summed E-state index contributed by atoms with van der Waals surface area (Å²) in [4.78, 5) is 16.9.